The Balaban J connectivity index is 1.31. The fourth-order valence-corrected chi connectivity index (χ4v) is 6.59. The van der Waals surface area contributed by atoms with E-state index >= 15 is 0 Å². The summed E-state index contributed by atoms with van der Waals surface area (Å²) in [5.41, 5.74) is 13.9. The molecule has 0 amide bonds. The quantitative estimate of drug-likeness (QED) is 0.270. The standard InChI is InChI=1S/C36H32N2/c1-35(2)29-15-9-8-14-27(29)28-20-18-24(22-31(28)35)37-25-19-21-34-32(23-25)36(3,4)30-16-10-11-17-33(30)38(34)26-12-6-5-7-13-26/h5-23,37H,1-4H3. The van der Waals surface area contributed by atoms with E-state index in [0.29, 0.717) is 0 Å². The van der Waals surface area contributed by atoms with Gasteiger partial charge in [0, 0.05) is 27.9 Å². The van der Waals surface area contributed by atoms with Gasteiger partial charge in [0.1, 0.15) is 0 Å². The Morgan fingerprint density at radius 2 is 1.03 bits per heavy atom. The lowest BCUT2D eigenvalue weighted by atomic mass is 9.73. The Morgan fingerprint density at radius 1 is 0.474 bits per heavy atom. The van der Waals surface area contributed by atoms with Gasteiger partial charge >= 0.3 is 0 Å². The van der Waals surface area contributed by atoms with E-state index in [1.54, 1.807) is 0 Å². The van der Waals surface area contributed by atoms with Crippen molar-refractivity contribution >= 4 is 28.4 Å². The van der Waals surface area contributed by atoms with Crippen molar-refractivity contribution < 1.29 is 0 Å². The molecule has 2 heteroatoms. The number of benzene rings is 5. The Morgan fingerprint density at radius 3 is 1.82 bits per heavy atom. The lowest BCUT2D eigenvalue weighted by Crippen LogP contribution is -2.30. The molecule has 0 saturated carbocycles. The predicted octanol–water partition coefficient (Wildman–Crippen LogP) is 9.85. The maximum absolute atomic E-state index is 3.75. The summed E-state index contributed by atoms with van der Waals surface area (Å²) in [6.07, 6.45) is 0. The van der Waals surface area contributed by atoms with E-state index in [0.717, 1.165) is 11.4 Å². The van der Waals surface area contributed by atoms with Crippen LogP contribution in [-0.2, 0) is 10.8 Å². The summed E-state index contributed by atoms with van der Waals surface area (Å²) in [4.78, 5) is 2.40. The zero-order valence-electron chi connectivity index (χ0n) is 22.4. The van der Waals surface area contributed by atoms with Crippen LogP contribution in [0.4, 0.5) is 28.4 Å². The summed E-state index contributed by atoms with van der Waals surface area (Å²) in [5, 5.41) is 3.75. The molecule has 1 heterocycles. The molecule has 0 fully saturated rings. The third kappa shape index (κ3) is 3.26. The number of nitrogens with zero attached hydrogens (tertiary/aromatic N) is 1. The molecule has 38 heavy (non-hydrogen) atoms. The third-order valence-corrected chi connectivity index (χ3v) is 8.62. The minimum absolute atomic E-state index is 0.0125. The lowest BCUT2D eigenvalue weighted by Gasteiger charge is -2.42. The van der Waals surface area contributed by atoms with Gasteiger partial charge in [-0.2, -0.15) is 0 Å². The van der Waals surface area contributed by atoms with E-state index < -0.39 is 0 Å². The number of hydrogen-bond donors (Lipinski definition) is 1. The Bertz CT molecular complexity index is 1690. The maximum Gasteiger partial charge on any atom is 0.0504 e. The van der Waals surface area contributed by atoms with Crippen LogP contribution in [-0.4, -0.2) is 0 Å². The van der Waals surface area contributed by atoms with Crippen molar-refractivity contribution in [2.75, 3.05) is 10.2 Å². The second-order valence-electron chi connectivity index (χ2n) is 11.6. The highest BCUT2D eigenvalue weighted by molar-refractivity contribution is 5.87. The molecule has 0 saturated heterocycles. The summed E-state index contributed by atoms with van der Waals surface area (Å²) < 4.78 is 0. The van der Waals surface area contributed by atoms with Crippen molar-refractivity contribution in [2.45, 2.75) is 38.5 Å². The number of anilines is 5. The van der Waals surface area contributed by atoms with E-state index in [2.05, 4.69) is 153 Å². The van der Waals surface area contributed by atoms with Crippen LogP contribution in [0.1, 0.15) is 49.9 Å². The van der Waals surface area contributed by atoms with E-state index in [9.17, 15) is 0 Å². The maximum atomic E-state index is 3.75. The van der Waals surface area contributed by atoms with Gasteiger partial charge in [-0.05, 0) is 81.9 Å². The highest BCUT2D eigenvalue weighted by Crippen LogP contribution is 2.53. The number of hydrogen-bond acceptors (Lipinski definition) is 2. The van der Waals surface area contributed by atoms with Crippen LogP contribution in [0.25, 0.3) is 11.1 Å². The summed E-state index contributed by atoms with van der Waals surface area (Å²) in [7, 11) is 0. The minimum atomic E-state index is -0.129. The van der Waals surface area contributed by atoms with Gasteiger partial charge in [-0.3, -0.25) is 0 Å². The van der Waals surface area contributed by atoms with Gasteiger partial charge < -0.3 is 10.2 Å². The van der Waals surface area contributed by atoms with Crippen LogP contribution in [0, 0.1) is 0 Å². The van der Waals surface area contributed by atoms with E-state index in [1.807, 2.05) is 0 Å². The third-order valence-electron chi connectivity index (χ3n) is 8.62. The molecule has 1 aliphatic carbocycles. The molecular weight excluding hydrogens is 460 g/mol. The zero-order chi connectivity index (χ0) is 26.1. The first-order valence-electron chi connectivity index (χ1n) is 13.5. The molecule has 0 unspecified atom stereocenters. The molecule has 1 N–H and O–H groups in total. The average Bonchev–Trinajstić information content (AvgIpc) is 3.16. The first-order chi connectivity index (χ1) is 18.4. The SMILES string of the molecule is CC1(C)c2ccccc2-c2ccc(Nc3ccc4c(c3)C(C)(C)c3ccccc3N4c3ccccc3)cc21. The second-order valence-corrected chi connectivity index (χ2v) is 11.6. The van der Waals surface area contributed by atoms with Gasteiger partial charge in [-0.25, -0.2) is 0 Å². The van der Waals surface area contributed by atoms with Crippen molar-refractivity contribution in [3.05, 3.63) is 138 Å². The molecule has 0 bridgehead atoms. The van der Waals surface area contributed by atoms with E-state index in [4.69, 9.17) is 0 Å². The summed E-state index contributed by atoms with van der Waals surface area (Å²) >= 11 is 0. The molecule has 0 radical (unpaired) electrons. The normalized spacial score (nSPS) is 15.7. The van der Waals surface area contributed by atoms with E-state index in [1.165, 1.54) is 50.4 Å². The Hall–Kier alpha value is -4.30. The van der Waals surface area contributed by atoms with Crippen molar-refractivity contribution in [1.29, 1.82) is 0 Å². The van der Waals surface area contributed by atoms with Gasteiger partial charge in [0.25, 0.3) is 0 Å². The van der Waals surface area contributed by atoms with Crippen molar-refractivity contribution in [2.24, 2.45) is 0 Å². The first-order valence-corrected chi connectivity index (χ1v) is 13.5. The number of para-hydroxylation sites is 2. The molecule has 186 valence electrons. The second kappa shape index (κ2) is 8.10. The van der Waals surface area contributed by atoms with Crippen LogP contribution < -0.4 is 10.2 Å². The van der Waals surface area contributed by atoms with E-state index in [-0.39, 0.29) is 10.8 Å². The van der Waals surface area contributed by atoms with Crippen molar-refractivity contribution in [3.63, 3.8) is 0 Å². The molecule has 0 aromatic heterocycles. The van der Waals surface area contributed by atoms with Gasteiger partial charge in [0.2, 0.25) is 0 Å². The molecule has 2 nitrogen and oxygen atoms in total. The lowest BCUT2D eigenvalue weighted by molar-refractivity contribution is 0.632. The molecule has 5 aromatic rings. The van der Waals surface area contributed by atoms with Crippen LogP contribution in [0.2, 0.25) is 0 Å². The van der Waals surface area contributed by atoms with Gasteiger partial charge in [-0.15, -0.1) is 0 Å². The highest BCUT2D eigenvalue weighted by Gasteiger charge is 2.37. The fraction of sp³-hybridized carbons (Fsp3) is 0.167. The molecule has 2 aliphatic rings. The molecule has 0 spiro atoms. The minimum Gasteiger partial charge on any atom is -0.356 e. The van der Waals surface area contributed by atoms with Gasteiger partial charge in [-0.1, -0.05) is 94.4 Å². The largest absolute Gasteiger partial charge is 0.356 e. The highest BCUT2D eigenvalue weighted by atomic mass is 15.2. The van der Waals surface area contributed by atoms with Crippen LogP contribution in [0.3, 0.4) is 0 Å². The molecular formula is C36H32N2. The van der Waals surface area contributed by atoms with Crippen molar-refractivity contribution in [1.82, 2.24) is 0 Å². The van der Waals surface area contributed by atoms with Gasteiger partial charge in [0.05, 0.1) is 11.4 Å². The average molecular weight is 493 g/mol. The number of fused-ring (bicyclic) bond motifs is 5. The molecule has 0 atom stereocenters. The first kappa shape index (κ1) is 22.9. The van der Waals surface area contributed by atoms with Gasteiger partial charge in [0.15, 0.2) is 0 Å². The van der Waals surface area contributed by atoms with Crippen molar-refractivity contribution in [3.8, 4) is 11.1 Å². The number of rotatable bonds is 3. The number of nitrogens with one attached hydrogen (secondary N) is 1. The monoisotopic (exact) mass is 492 g/mol. The summed E-state index contributed by atoms with van der Waals surface area (Å²) in [6.45, 7) is 9.34. The smallest absolute Gasteiger partial charge is 0.0504 e. The zero-order valence-corrected chi connectivity index (χ0v) is 22.4. The van der Waals surface area contributed by atoms with Crippen LogP contribution in [0.5, 0.6) is 0 Å². The Labute approximate surface area is 225 Å². The van der Waals surface area contributed by atoms with Crippen LogP contribution in [0.15, 0.2) is 115 Å². The molecule has 1 aliphatic heterocycles. The summed E-state index contributed by atoms with van der Waals surface area (Å²) in [5.74, 6) is 0. The Kier molecular flexibility index (Phi) is 4.87. The predicted molar refractivity (Wildman–Crippen MR) is 161 cm³/mol. The van der Waals surface area contributed by atoms with Crippen LogP contribution >= 0.6 is 0 Å². The molecule has 7 rings (SSSR count). The molecule has 5 aromatic carbocycles. The topological polar surface area (TPSA) is 15.3 Å². The fourth-order valence-electron chi connectivity index (χ4n) is 6.59. The summed E-state index contributed by atoms with van der Waals surface area (Å²) in [6, 6.07) is 42.0.